The molecule has 0 spiro atoms. The van der Waals surface area contributed by atoms with Gasteiger partial charge in [0.25, 0.3) is 5.91 Å². The molecule has 0 aliphatic rings. The van der Waals surface area contributed by atoms with Crippen LogP contribution in [0, 0.1) is 17.4 Å². The van der Waals surface area contributed by atoms with Crippen molar-refractivity contribution in [2.75, 3.05) is 0 Å². The first kappa shape index (κ1) is 15.8. The Balaban J connectivity index is 2.07. The van der Waals surface area contributed by atoms with E-state index >= 15 is 0 Å². The van der Waals surface area contributed by atoms with E-state index in [0.29, 0.717) is 5.56 Å². The Morgan fingerprint density at radius 2 is 2.14 bits per heavy atom. The molecule has 2 rings (SSSR count). The Bertz CT molecular complexity index is 689. The maximum absolute atomic E-state index is 12.0. The lowest BCUT2D eigenvalue weighted by molar-refractivity contribution is 0.0955. The lowest BCUT2D eigenvalue weighted by Gasteiger charge is -2.04. The Morgan fingerprint density at radius 1 is 1.38 bits per heavy atom. The number of carbonyl (C=O) groups is 1. The Kier molecular flexibility index (Phi) is 5.17. The van der Waals surface area contributed by atoms with Crippen LogP contribution in [0.1, 0.15) is 34.2 Å². The summed E-state index contributed by atoms with van der Waals surface area (Å²) in [7, 11) is 0. The largest absolute Gasteiger partial charge is 0.349 e. The summed E-state index contributed by atoms with van der Waals surface area (Å²) >= 11 is 2.18. The average molecular weight is 395 g/mol. The van der Waals surface area contributed by atoms with E-state index in [4.69, 9.17) is 0 Å². The summed E-state index contributed by atoms with van der Waals surface area (Å²) in [6, 6.07) is 9.47. The van der Waals surface area contributed by atoms with Crippen molar-refractivity contribution in [3.63, 3.8) is 0 Å². The molecule has 0 bridgehead atoms. The zero-order valence-electron chi connectivity index (χ0n) is 12.4. The van der Waals surface area contributed by atoms with E-state index in [1.165, 1.54) is 5.69 Å². The van der Waals surface area contributed by atoms with Crippen LogP contribution in [0.3, 0.4) is 0 Å². The molecule has 1 heterocycles. The van der Waals surface area contributed by atoms with Gasteiger partial charge in [-0.15, -0.1) is 0 Å². The molecule has 110 valence electrons. The number of benzene rings is 1. The number of rotatable bonds is 4. The molecular weight excluding hydrogens is 377 g/mol. The van der Waals surface area contributed by atoms with Crippen LogP contribution in [0.25, 0.3) is 0 Å². The smallest absolute Gasteiger partial charge is 0.271 e. The van der Waals surface area contributed by atoms with E-state index in [-0.39, 0.29) is 5.91 Å². The molecule has 0 atom stereocenters. The Morgan fingerprint density at radius 3 is 2.76 bits per heavy atom. The fraction of sp³-hybridized carbons (Fsp3) is 0.250. The molecule has 0 radical (unpaired) electrons. The van der Waals surface area contributed by atoms with E-state index in [2.05, 4.69) is 64.5 Å². The number of nitrogens with one attached hydrogen (secondary N) is 1. The molecule has 0 aliphatic carbocycles. The van der Waals surface area contributed by atoms with Gasteiger partial charge in [-0.1, -0.05) is 6.07 Å². The summed E-state index contributed by atoms with van der Waals surface area (Å²) in [6.45, 7) is 7.16. The van der Waals surface area contributed by atoms with E-state index in [0.717, 1.165) is 21.4 Å². The number of aromatic nitrogens is 1. The number of halogens is 1. The zero-order valence-corrected chi connectivity index (χ0v) is 14.5. The van der Waals surface area contributed by atoms with Crippen LogP contribution in [-0.4, -0.2) is 16.7 Å². The first-order valence-corrected chi connectivity index (χ1v) is 7.86. The van der Waals surface area contributed by atoms with Gasteiger partial charge in [0.05, 0.1) is 6.21 Å². The van der Waals surface area contributed by atoms with Crippen molar-refractivity contribution in [3.8, 4) is 0 Å². The van der Waals surface area contributed by atoms with E-state index in [1.54, 1.807) is 12.3 Å². The number of hydrogen-bond donors (Lipinski definition) is 1. The molecule has 1 N–H and O–H groups in total. The summed E-state index contributed by atoms with van der Waals surface area (Å²) in [5.41, 5.74) is 6.55. The van der Waals surface area contributed by atoms with Gasteiger partial charge in [-0.2, -0.15) is 5.10 Å². The monoisotopic (exact) mass is 395 g/mol. The molecule has 0 fully saturated rings. The van der Waals surface area contributed by atoms with Gasteiger partial charge in [0, 0.05) is 32.6 Å². The maximum Gasteiger partial charge on any atom is 0.271 e. The predicted molar refractivity (Wildman–Crippen MR) is 93.8 cm³/mol. The zero-order chi connectivity index (χ0) is 15.4. The van der Waals surface area contributed by atoms with Crippen molar-refractivity contribution < 1.29 is 4.79 Å². The topological polar surface area (TPSA) is 46.4 Å². The van der Waals surface area contributed by atoms with Gasteiger partial charge >= 0.3 is 0 Å². The summed E-state index contributed by atoms with van der Waals surface area (Å²) in [4.78, 5) is 12.0. The molecule has 1 amide bonds. The number of hydrazone groups is 1. The standard InChI is InChI=1S/C16H18IN3O/c1-4-20-11(2)8-14(12(20)3)10-18-19-16(21)13-6-5-7-15(17)9-13/h5-10H,4H2,1-3H3,(H,19,21)/b18-10-. The molecule has 1 aromatic heterocycles. The number of hydrogen-bond acceptors (Lipinski definition) is 2. The number of amides is 1. The van der Waals surface area contributed by atoms with E-state index < -0.39 is 0 Å². The van der Waals surface area contributed by atoms with Crippen molar-refractivity contribution in [2.45, 2.75) is 27.3 Å². The third-order valence-electron chi connectivity index (χ3n) is 3.39. The Hall–Kier alpha value is -1.63. The van der Waals surface area contributed by atoms with E-state index in [9.17, 15) is 4.79 Å². The van der Waals surface area contributed by atoms with Crippen LogP contribution < -0.4 is 5.43 Å². The first-order chi connectivity index (χ1) is 10.0. The van der Waals surface area contributed by atoms with Crippen LogP contribution in [0.4, 0.5) is 0 Å². The second kappa shape index (κ2) is 6.89. The highest BCUT2D eigenvalue weighted by atomic mass is 127. The van der Waals surface area contributed by atoms with Crippen LogP contribution in [-0.2, 0) is 6.54 Å². The third kappa shape index (κ3) is 3.72. The van der Waals surface area contributed by atoms with Gasteiger partial charge in [-0.25, -0.2) is 5.43 Å². The highest BCUT2D eigenvalue weighted by molar-refractivity contribution is 14.1. The summed E-state index contributed by atoms with van der Waals surface area (Å²) in [5.74, 6) is -0.200. The second-order valence-corrected chi connectivity index (χ2v) is 6.03. The number of aryl methyl sites for hydroxylation is 1. The van der Waals surface area contributed by atoms with Crippen LogP contribution in [0.5, 0.6) is 0 Å². The van der Waals surface area contributed by atoms with Crippen molar-refractivity contribution in [3.05, 3.63) is 56.4 Å². The molecule has 4 nitrogen and oxygen atoms in total. The lowest BCUT2D eigenvalue weighted by atomic mass is 10.2. The quantitative estimate of drug-likeness (QED) is 0.481. The number of nitrogens with zero attached hydrogens (tertiary/aromatic N) is 2. The summed E-state index contributed by atoms with van der Waals surface area (Å²) < 4.78 is 3.23. The van der Waals surface area contributed by atoms with Gasteiger partial charge < -0.3 is 4.57 Å². The van der Waals surface area contributed by atoms with Gasteiger partial charge in [0.2, 0.25) is 0 Å². The van der Waals surface area contributed by atoms with Gasteiger partial charge in [-0.05, 0) is 67.6 Å². The van der Waals surface area contributed by atoms with Gasteiger partial charge in [0.1, 0.15) is 0 Å². The van der Waals surface area contributed by atoms with Crippen molar-refractivity contribution in [2.24, 2.45) is 5.10 Å². The van der Waals surface area contributed by atoms with Crippen molar-refractivity contribution >= 4 is 34.7 Å². The van der Waals surface area contributed by atoms with Crippen molar-refractivity contribution in [1.82, 2.24) is 9.99 Å². The second-order valence-electron chi connectivity index (χ2n) is 4.78. The molecule has 1 aromatic carbocycles. The minimum Gasteiger partial charge on any atom is -0.349 e. The summed E-state index contributed by atoms with van der Waals surface area (Å²) in [6.07, 6.45) is 1.69. The maximum atomic E-state index is 12.0. The van der Waals surface area contributed by atoms with E-state index in [1.807, 2.05) is 18.2 Å². The molecule has 0 aliphatic heterocycles. The third-order valence-corrected chi connectivity index (χ3v) is 4.06. The highest BCUT2D eigenvalue weighted by Crippen LogP contribution is 2.12. The minimum absolute atomic E-state index is 0.200. The molecule has 2 aromatic rings. The van der Waals surface area contributed by atoms with Crippen molar-refractivity contribution in [1.29, 1.82) is 0 Å². The van der Waals surface area contributed by atoms with Crippen LogP contribution in [0.15, 0.2) is 35.4 Å². The highest BCUT2D eigenvalue weighted by Gasteiger charge is 2.06. The summed E-state index contributed by atoms with van der Waals surface area (Å²) in [5, 5.41) is 4.06. The lowest BCUT2D eigenvalue weighted by Crippen LogP contribution is -2.17. The number of carbonyl (C=O) groups excluding carboxylic acids is 1. The molecule has 0 saturated heterocycles. The molecule has 21 heavy (non-hydrogen) atoms. The molecule has 0 unspecified atom stereocenters. The average Bonchev–Trinajstić information content (AvgIpc) is 2.73. The fourth-order valence-corrected chi connectivity index (χ4v) is 2.84. The fourth-order valence-electron chi connectivity index (χ4n) is 2.30. The predicted octanol–water partition coefficient (Wildman–Crippen LogP) is 3.49. The molecular formula is C16H18IN3O. The van der Waals surface area contributed by atoms with Crippen LogP contribution in [0.2, 0.25) is 0 Å². The Labute approximate surface area is 138 Å². The SMILES string of the molecule is CCn1c(C)cc(/C=N\NC(=O)c2cccc(I)c2)c1C. The first-order valence-electron chi connectivity index (χ1n) is 6.78. The van der Waals surface area contributed by atoms with Crippen LogP contribution >= 0.6 is 22.6 Å². The molecule has 5 heteroatoms. The van der Waals surface area contributed by atoms with Gasteiger partial charge in [-0.3, -0.25) is 4.79 Å². The normalized spacial score (nSPS) is 11.0. The van der Waals surface area contributed by atoms with Gasteiger partial charge in [0.15, 0.2) is 0 Å². The molecule has 0 saturated carbocycles. The minimum atomic E-state index is -0.200.